The van der Waals surface area contributed by atoms with Crippen LogP contribution in [0.25, 0.3) is 0 Å². The van der Waals surface area contributed by atoms with E-state index in [0.717, 1.165) is 0 Å². The zero-order valence-electron chi connectivity index (χ0n) is 7.74. The number of hydrogen-bond acceptors (Lipinski definition) is 2. The van der Waals surface area contributed by atoms with Crippen LogP contribution in [0.2, 0.25) is 0 Å². The summed E-state index contributed by atoms with van der Waals surface area (Å²) in [6.07, 6.45) is 1.52. The van der Waals surface area contributed by atoms with E-state index in [0.29, 0.717) is 0 Å². The smallest absolute Gasteiger partial charge is 0.132 e. The summed E-state index contributed by atoms with van der Waals surface area (Å²) in [5, 5.41) is 10.3. The monoisotopic (exact) mass is 227 g/mol. The van der Waals surface area contributed by atoms with Crippen LogP contribution in [0.15, 0.2) is 24.3 Å². The summed E-state index contributed by atoms with van der Waals surface area (Å²) in [6, 6.07) is 10.3. The van der Waals surface area contributed by atoms with Crippen molar-refractivity contribution < 1.29 is 4.21 Å². The average molecular weight is 228 g/mol. The minimum atomic E-state index is -0.950. The van der Waals surface area contributed by atoms with E-state index in [1.807, 2.05) is 0 Å². The average Bonchev–Trinajstić information content (AvgIpc) is 2.11. The molecule has 0 aliphatic heterocycles. The molecular weight excluding hydrogens is 218 g/mol. The molecule has 0 saturated carbocycles. The van der Waals surface area contributed by atoms with E-state index in [4.69, 9.17) is 16.9 Å². The highest BCUT2D eigenvalue weighted by atomic mass is 35.5. The Morgan fingerprint density at radius 2 is 1.86 bits per heavy atom. The maximum absolute atomic E-state index is 10.3. The molecule has 0 spiro atoms. The first kappa shape index (κ1) is 11.2. The van der Waals surface area contributed by atoms with E-state index in [1.54, 1.807) is 6.07 Å². The second-order valence-electron chi connectivity index (χ2n) is 2.91. The Hall–Kier alpha value is -0.850. The molecule has 0 aromatic heterocycles. The lowest BCUT2D eigenvalue weighted by molar-refractivity contribution is 0.686. The van der Waals surface area contributed by atoms with Crippen molar-refractivity contribution >= 4 is 22.4 Å². The van der Waals surface area contributed by atoms with Crippen molar-refractivity contribution in [3.63, 3.8) is 0 Å². The van der Waals surface area contributed by atoms with Crippen LogP contribution in [-0.4, -0.2) is 21.6 Å². The molecule has 0 aromatic rings. The first-order chi connectivity index (χ1) is 6.63. The summed E-state index contributed by atoms with van der Waals surface area (Å²) in [5.74, 6) is 0.262. The van der Waals surface area contributed by atoms with Gasteiger partial charge in [-0.3, -0.25) is 4.21 Å². The Morgan fingerprint density at radius 1 is 1.43 bits per heavy atom. The molecule has 2 atom stereocenters. The third kappa shape index (κ3) is 3.13. The largest absolute Gasteiger partial charge is 0.260 e. The molecule has 0 amide bonds. The van der Waals surface area contributed by atoms with Gasteiger partial charge in [-0.15, -0.1) is 11.6 Å². The van der Waals surface area contributed by atoms with Gasteiger partial charge < -0.3 is 0 Å². The van der Waals surface area contributed by atoms with Gasteiger partial charge in [0.25, 0.3) is 0 Å². The number of alkyl halides is 1. The zero-order valence-corrected chi connectivity index (χ0v) is 9.31. The topological polar surface area (TPSA) is 40.9 Å². The second-order valence-corrected chi connectivity index (χ2v) is 4.92. The third-order valence-corrected chi connectivity index (χ3v) is 2.98. The highest BCUT2D eigenvalue weighted by molar-refractivity contribution is 7.84. The highest BCUT2D eigenvalue weighted by Crippen LogP contribution is 2.04. The van der Waals surface area contributed by atoms with Crippen LogP contribution in [0.5, 0.6) is 0 Å². The van der Waals surface area contributed by atoms with Gasteiger partial charge in [-0.05, 0) is 10.4 Å². The molecular formula is C10H10ClNOS. The molecule has 0 fully saturated rings. The lowest BCUT2D eigenvalue weighted by Gasteiger charge is -1.95. The Bertz CT molecular complexity index is 415. The molecule has 14 heavy (non-hydrogen) atoms. The van der Waals surface area contributed by atoms with Crippen molar-refractivity contribution in [3.8, 4) is 6.07 Å². The summed E-state index contributed by atoms with van der Waals surface area (Å²) >= 11 is 5.31. The van der Waals surface area contributed by atoms with Crippen LogP contribution in [0, 0.1) is 21.8 Å². The normalized spacial score (nSPS) is 14.4. The van der Waals surface area contributed by atoms with Crippen LogP contribution >= 0.6 is 11.6 Å². The van der Waals surface area contributed by atoms with Crippen LogP contribution in [0.4, 0.5) is 0 Å². The zero-order chi connectivity index (χ0) is 10.6. The predicted octanol–water partition coefficient (Wildman–Crippen LogP) is 1.78. The molecule has 2 unspecified atom stereocenters. The van der Waals surface area contributed by atoms with Crippen molar-refractivity contribution in [2.45, 2.75) is 5.38 Å². The maximum atomic E-state index is 10.3. The quantitative estimate of drug-likeness (QED) is 0.734. The molecule has 4 heteroatoms. The minimum absolute atomic E-state index is 0.262. The number of benzene rings is 1. The van der Waals surface area contributed by atoms with Gasteiger partial charge in [0.1, 0.15) is 5.38 Å². The summed E-state index contributed by atoms with van der Waals surface area (Å²) in [7, 11) is -0.950. The van der Waals surface area contributed by atoms with Crippen molar-refractivity contribution in [2.24, 2.45) is 0 Å². The molecule has 74 valence electrons. The Kier molecular flexibility index (Phi) is 4.12. The van der Waals surface area contributed by atoms with Crippen LogP contribution in [0.1, 0.15) is 0 Å². The van der Waals surface area contributed by atoms with Crippen molar-refractivity contribution in [1.29, 1.82) is 5.26 Å². The maximum Gasteiger partial charge on any atom is 0.132 e. The second kappa shape index (κ2) is 5.14. The van der Waals surface area contributed by atoms with Gasteiger partial charge >= 0.3 is 0 Å². The molecule has 0 saturated heterocycles. The molecule has 0 radical (unpaired) electrons. The summed E-state index contributed by atoms with van der Waals surface area (Å²) in [5.41, 5.74) is 0. The van der Waals surface area contributed by atoms with Gasteiger partial charge in [-0.1, -0.05) is 24.3 Å². The van der Waals surface area contributed by atoms with E-state index in [1.165, 1.54) is 16.7 Å². The van der Waals surface area contributed by atoms with Gasteiger partial charge in [0.15, 0.2) is 0 Å². The van der Waals surface area contributed by atoms with Crippen LogP contribution in [0.3, 0.4) is 0 Å². The van der Waals surface area contributed by atoms with Crippen LogP contribution < -0.4 is 0 Å². The third-order valence-electron chi connectivity index (χ3n) is 1.74. The number of nitrogens with zero attached hydrogens (tertiary/aromatic N) is 1. The lowest BCUT2D eigenvalue weighted by Crippen LogP contribution is -2.06. The minimum Gasteiger partial charge on any atom is -0.260 e. The van der Waals surface area contributed by atoms with Gasteiger partial charge in [0.2, 0.25) is 0 Å². The number of rotatable bonds is 2. The van der Waals surface area contributed by atoms with E-state index in [2.05, 4.69) is 24.3 Å². The molecule has 0 aromatic carbocycles. The van der Waals surface area contributed by atoms with Gasteiger partial charge in [-0.2, -0.15) is 5.26 Å². The standard InChI is InChI=1S/C6H4.C4H6ClNOS/c1-2-6-4-3-5(1)6;1-8(7)3-4(5)2-6/h1-4H;4H,3H2,1H3. The molecule has 0 bridgehead atoms. The number of hydrogen-bond donors (Lipinski definition) is 0. The van der Waals surface area contributed by atoms with Crippen molar-refractivity contribution in [3.05, 3.63) is 34.7 Å². The molecule has 2 nitrogen and oxygen atoms in total. The van der Waals surface area contributed by atoms with E-state index < -0.39 is 16.2 Å². The number of halogens is 1. The molecule has 0 heterocycles. The SMILES string of the molecule is CS(=O)CC(Cl)C#N.c1cc2ccc1=2. The molecule has 2 rings (SSSR count). The van der Waals surface area contributed by atoms with Gasteiger partial charge in [-0.25, -0.2) is 0 Å². The predicted molar refractivity (Wildman–Crippen MR) is 58.3 cm³/mol. The fourth-order valence-electron chi connectivity index (χ4n) is 0.906. The Morgan fingerprint density at radius 3 is 1.93 bits per heavy atom. The summed E-state index contributed by atoms with van der Waals surface area (Å²) in [4.78, 5) is 0. The summed E-state index contributed by atoms with van der Waals surface area (Å²) in [6.45, 7) is 0. The fourth-order valence-corrected chi connectivity index (χ4v) is 1.92. The van der Waals surface area contributed by atoms with Crippen molar-refractivity contribution in [2.75, 3.05) is 12.0 Å². The van der Waals surface area contributed by atoms with E-state index in [-0.39, 0.29) is 5.75 Å². The van der Waals surface area contributed by atoms with Crippen molar-refractivity contribution in [1.82, 2.24) is 0 Å². The summed E-state index contributed by atoms with van der Waals surface area (Å²) < 4.78 is 10.3. The number of nitriles is 1. The first-order valence-corrected chi connectivity index (χ1v) is 6.24. The Balaban J connectivity index is 0.000000143. The van der Waals surface area contributed by atoms with Crippen LogP contribution in [-0.2, 0) is 10.8 Å². The molecule has 2 aliphatic carbocycles. The Labute approximate surface area is 90.3 Å². The lowest BCUT2D eigenvalue weighted by atomic mass is 10.1. The fraction of sp³-hybridized carbons (Fsp3) is 0.300. The van der Waals surface area contributed by atoms with Gasteiger partial charge in [0, 0.05) is 17.1 Å². The first-order valence-electron chi connectivity index (χ1n) is 4.07. The molecule has 2 aliphatic rings. The molecule has 0 N–H and O–H groups in total. The highest BCUT2D eigenvalue weighted by Gasteiger charge is 2.02. The van der Waals surface area contributed by atoms with E-state index >= 15 is 0 Å². The van der Waals surface area contributed by atoms with Gasteiger partial charge in [0.05, 0.1) is 11.8 Å². The van der Waals surface area contributed by atoms with E-state index in [9.17, 15) is 4.21 Å².